The second-order valence-electron chi connectivity index (χ2n) is 3.42. The van der Waals surface area contributed by atoms with Gasteiger partial charge in [0.15, 0.2) is 5.76 Å². The van der Waals surface area contributed by atoms with Gasteiger partial charge in [-0.3, -0.25) is 4.79 Å². The van der Waals surface area contributed by atoms with Crippen molar-refractivity contribution in [3.63, 3.8) is 0 Å². The zero-order valence-corrected chi connectivity index (χ0v) is 9.99. The molecule has 0 spiro atoms. The lowest BCUT2D eigenvalue weighted by molar-refractivity contribution is 0.0994. The summed E-state index contributed by atoms with van der Waals surface area (Å²) in [5, 5.41) is 2.94. The highest BCUT2D eigenvalue weighted by atomic mass is 35.5. The molecule has 0 bridgehead atoms. The van der Waals surface area contributed by atoms with Gasteiger partial charge in [-0.2, -0.15) is 0 Å². The first kappa shape index (κ1) is 11.7. The van der Waals surface area contributed by atoms with Gasteiger partial charge in [0, 0.05) is 6.42 Å². The fourth-order valence-corrected chi connectivity index (χ4v) is 1.51. The molecular formula is C12H11ClN2O2. The van der Waals surface area contributed by atoms with Gasteiger partial charge in [-0.15, -0.1) is 0 Å². The molecular weight excluding hydrogens is 240 g/mol. The second-order valence-corrected chi connectivity index (χ2v) is 3.81. The molecule has 0 aliphatic carbocycles. The summed E-state index contributed by atoms with van der Waals surface area (Å²) in [5.74, 6) is 1.11. The van der Waals surface area contributed by atoms with Gasteiger partial charge in [-0.1, -0.05) is 24.6 Å². The molecule has 4 nitrogen and oxygen atoms in total. The predicted octanol–water partition coefficient (Wildman–Crippen LogP) is 3.14. The number of nitrogens with zero attached hydrogens (tertiary/aromatic N) is 1. The fourth-order valence-electron chi connectivity index (χ4n) is 1.35. The Morgan fingerprint density at radius 3 is 2.88 bits per heavy atom. The van der Waals surface area contributed by atoms with E-state index in [1.54, 1.807) is 30.3 Å². The van der Waals surface area contributed by atoms with Crippen LogP contribution in [0.5, 0.6) is 0 Å². The van der Waals surface area contributed by atoms with Crippen molar-refractivity contribution in [3.05, 3.63) is 47.0 Å². The maximum absolute atomic E-state index is 11.8. The summed E-state index contributed by atoms with van der Waals surface area (Å²) in [6, 6.07) is 8.43. The molecule has 0 aliphatic heterocycles. The lowest BCUT2D eigenvalue weighted by Crippen LogP contribution is -2.11. The van der Waals surface area contributed by atoms with Crippen molar-refractivity contribution in [1.29, 1.82) is 0 Å². The summed E-state index contributed by atoms with van der Waals surface area (Å²) in [4.78, 5) is 15.7. The average molecular weight is 251 g/mol. The van der Waals surface area contributed by atoms with Crippen LogP contribution in [0.4, 0.5) is 5.82 Å². The molecule has 17 heavy (non-hydrogen) atoms. The van der Waals surface area contributed by atoms with Crippen LogP contribution in [0.25, 0.3) is 0 Å². The van der Waals surface area contributed by atoms with E-state index in [1.807, 2.05) is 6.92 Å². The molecule has 2 aromatic heterocycles. The van der Waals surface area contributed by atoms with Crippen LogP contribution >= 0.6 is 11.6 Å². The van der Waals surface area contributed by atoms with Gasteiger partial charge in [0.05, 0.1) is 0 Å². The molecule has 2 rings (SSSR count). The zero-order valence-electron chi connectivity index (χ0n) is 9.24. The highest BCUT2D eigenvalue weighted by Crippen LogP contribution is 2.13. The van der Waals surface area contributed by atoms with Crippen molar-refractivity contribution in [2.45, 2.75) is 13.3 Å². The first-order chi connectivity index (χ1) is 8.19. The minimum Gasteiger partial charge on any atom is -0.456 e. The number of amides is 1. The third kappa shape index (κ3) is 2.85. The van der Waals surface area contributed by atoms with Gasteiger partial charge in [-0.05, 0) is 24.3 Å². The molecule has 0 saturated heterocycles. The van der Waals surface area contributed by atoms with Crippen LogP contribution in [0, 0.1) is 0 Å². The molecule has 1 amide bonds. The first-order valence-corrected chi connectivity index (χ1v) is 5.59. The predicted molar refractivity (Wildman–Crippen MR) is 65.3 cm³/mol. The van der Waals surface area contributed by atoms with Gasteiger partial charge >= 0.3 is 0 Å². The lowest BCUT2D eigenvalue weighted by atomic mass is 10.3. The first-order valence-electron chi connectivity index (χ1n) is 5.21. The maximum atomic E-state index is 11.8. The van der Waals surface area contributed by atoms with E-state index in [2.05, 4.69) is 10.3 Å². The van der Waals surface area contributed by atoms with Gasteiger partial charge in [0.1, 0.15) is 16.7 Å². The van der Waals surface area contributed by atoms with E-state index in [1.165, 1.54) is 0 Å². The number of hydrogen-bond donors (Lipinski definition) is 1. The standard InChI is InChI=1S/C12H11ClN2O2/c1-2-8-6-7-9(17-8)12(16)15-11-5-3-4-10(13)14-11/h3-7H,2H2,1H3,(H,14,15,16). The van der Waals surface area contributed by atoms with Crippen LogP contribution in [0.15, 0.2) is 34.7 Å². The summed E-state index contributed by atoms with van der Waals surface area (Å²) in [6.45, 7) is 1.96. The Morgan fingerprint density at radius 1 is 1.41 bits per heavy atom. The maximum Gasteiger partial charge on any atom is 0.292 e. The number of hydrogen-bond acceptors (Lipinski definition) is 3. The number of halogens is 1. The van der Waals surface area contributed by atoms with E-state index in [4.69, 9.17) is 16.0 Å². The molecule has 88 valence electrons. The van der Waals surface area contributed by atoms with Crippen molar-refractivity contribution < 1.29 is 9.21 Å². The topological polar surface area (TPSA) is 55.1 Å². The number of anilines is 1. The van der Waals surface area contributed by atoms with Crippen molar-refractivity contribution >= 4 is 23.3 Å². The third-order valence-corrected chi connectivity index (χ3v) is 2.40. The Kier molecular flexibility index (Phi) is 3.44. The Morgan fingerprint density at radius 2 is 2.24 bits per heavy atom. The normalized spacial score (nSPS) is 10.2. The molecule has 0 unspecified atom stereocenters. The van der Waals surface area contributed by atoms with Gasteiger partial charge in [0.25, 0.3) is 5.91 Å². The van der Waals surface area contributed by atoms with E-state index in [0.717, 1.165) is 12.2 Å². The number of rotatable bonds is 3. The van der Waals surface area contributed by atoms with E-state index < -0.39 is 0 Å². The molecule has 5 heteroatoms. The Hall–Kier alpha value is -1.81. The van der Waals surface area contributed by atoms with Crippen LogP contribution in [0.2, 0.25) is 5.15 Å². The van der Waals surface area contributed by atoms with E-state index >= 15 is 0 Å². The van der Waals surface area contributed by atoms with E-state index in [-0.39, 0.29) is 11.7 Å². The van der Waals surface area contributed by atoms with Crippen molar-refractivity contribution in [2.75, 3.05) is 5.32 Å². The number of carbonyl (C=O) groups is 1. The van der Waals surface area contributed by atoms with Crippen LogP contribution in [0.3, 0.4) is 0 Å². The summed E-state index contributed by atoms with van der Waals surface area (Å²) >= 11 is 5.72. The van der Waals surface area contributed by atoms with Crippen molar-refractivity contribution in [2.24, 2.45) is 0 Å². The number of pyridine rings is 1. The van der Waals surface area contributed by atoms with Crippen LogP contribution < -0.4 is 5.32 Å². The number of furan rings is 1. The fraction of sp³-hybridized carbons (Fsp3) is 0.167. The number of aromatic nitrogens is 1. The molecule has 0 aliphatic rings. The second kappa shape index (κ2) is 5.01. The highest BCUT2D eigenvalue weighted by Gasteiger charge is 2.11. The van der Waals surface area contributed by atoms with Crippen molar-refractivity contribution in [1.82, 2.24) is 4.98 Å². The Bertz CT molecular complexity index is 537. The smallest absolute Gasteiger partial charge is 0.292 e. The van der Waals surface area contributed by atoms with Crippen molar-refractivity contribution in [3.8, 4) is 0 Å². The monoisotopic (exact) mass is 250 g/mol. The van der Waals surface area contributed by atoms with Crippen LogP contribution in [0.1, 0.15) is 23.2 Å². The minimum atomic E-state index is -0.334. The molecule has 2 heterocycles. The molecule has 0 fully saturated rings. The molecule has 0 saturated carbocycles. The number of aryl methyl sites for hydroxylation is 1. The largest absolute Gasteiger partial charge is 0.456 e. The summed E-state index contributed by atoms with van der Waals surface area (Å²) in [7, 11) is 0. The molecule has 2 aromatic rings. The number of nitrogens with one attached hydrogen (secondary N) is 1. The van der Waals surface area contributed by atoms with Crippen LogP contribution in [-0.2, 0) is 6.42 Å². The van der Waals surface area contributed by atoms with Gasteiger partial charge < -0.3 is 9.73 Å². The van der Waals surface area contributed by atoms with Gasteiger partial charge in [-0.25, -0.2) is 4.98 Å². The molecule has 0 aromatic carbocycles. The Balaban J connectivity index is 2.11. The SMILES string of the molecule is CCc1ccc(C(=O)Nc2cccc(Cl)n2)o1. The molecule has 1 N–H and O–H groups in total. The summed E-state index contributed by atoms with van der Waals surface area (Å²) < 4.78 is 5.32. The lowest BCUT2D eigenvalue weighted by Gasteiger charge is -2.01. The van der Waals surface area contributed by atoms with Gasteiger partial charge in [0.2, 0.25) is 0 Å². The molecule has 0 atom stereocenters. The quantitative estimate of drug-likeness (QED) is 0.852. The van der Waals surface area contributed by atoms with E-state index in [0.29, 0.717) is 11.0 Å². The third-order valence-electron chi connectivity index (χ3n) is 2.19. The van der Waals surface area contributed by atoms with E-state index in [9.17, 15) is 4.79 Å². The zero-order chi connectivity index (χ0) is 12.3. The summed E-state index contributed by atoms with van der Waals surface area (Å²) in [6.07, 6.45) is 0.753. The summed E-state index contributed by atoms with van der Waals surface area (Å²) in [5.41, 5.74) is 0. The Labute approximate surface area is 104 Å². The minimum absolute atomic E-state index is 0.267. The average Bonchev–Trinajstić information content (AvgIpc) is 2.77. The highest BCUT2D eigenvalue weighted by molar-refractivity contribution is 6.29. The van der Waals surface area contributed by atoms with Crippen LogP contribution in [-0.4, -0.2) is 10.9 Å². The number of carbonyl (C=O) groups excluding carboxylic acids is 1. The molecule has 0 radical (unpaired) electrons.